The first-order valence-electron chi connectivity index (χ1n) is 9.71. The first-order valence-corrected chi connectivity index (χ1v) is 9.71. The second kappa shape index (κ2) is 18.5. The van der Waals surface area contributed by atoms with Crippen molar-refractivity contribution in [1.82, 2.24) is 10.6 Å². The van der Waals surface area contributed by atoms with Gasteiger partial charge in [-0.3, -0.25) is 4.79 Å². The van der Waals surface area contributed by atoms with Crippen LogP contribution in [0.25, 0.3) is 0 Å². The zero-order valence-corrected chi connectivity index (χ0v) is 17.7. The third-order valence-electron chi connectivity index (χ3n) is 3.41. The molecule has 0 aromatic heterocycles. The molecule has 0 fully saturated rings. The Morgan fingerprint density at radius 2 is 1.63 bits per heavy atom. The first-order chi connectivity index (χ1) is 13.1. The minimum atomic E-state index is -0.493. The van der Waals surface area contributed by atoms with E-state index < -0.39 is 12.1 Å². The predicted octanol–water partition coefficient (Wildman–Crippen LogP) is 3.25. The molecule has 0 spiro atoms. The number of hydrogen-bond acceptors (Lipinski definition) is 5. The Morgan fingerprint density at radius 3 is 2.15 bits per heavy atom. The van der Waals surface area contributed by atoms with E-state index in [2.05, 4.69) is 16.0 Å². The molecule has 1 atom stereocenters. The molecule has 0 saturated heterocycles. The average molecular weight is 383 g/mol. The van der Waals surface area contributed by atoms with Crippen LogP contribution < -0.4 is 21.7 Å². The van der Waals surface area contributed by atoms with Gasteiger partial charge in [0.25, 0.3) is 0 Å². The van der Waals surface area contributed by atoms with E-state index in [1.165, 1.54) is 0 Å². The maximum atomic E-state index is 11.6. The van der Waals surface area contributed by atoms with Crippen LogP contribution in [0.1, 0.15) is 52.5 Å². The summed E-state index contributed by atoms with van der Waals surface area (Å²) in [5, 5.41) is 8.21. The fourth-order valence-electron chi connectivity index (χ4n) is 1.96. The van der Waals surface area contributed by atoms with Gasteiger partial charge < -0.3 is 26.4 Å². The predicted molar refractivity (Wildman–Crippen MR) is 113 cm³/mol. The monoisotopic (exact) mass is 382 g/mol. The Labute approximate surface area is 164 Å². The molecule has 1 aromatic rings. The number of likely N-dealkylation sites (N-methyl/N-ethyl adjacent to an activating group) is 1. The molecule has 7 nitrogen and oxygen atoms in total. The number of nitrogens with two attached hydrogens (primary N) is 1. The summed E-state index contributed by atoms with van der Waals surface area (Å²) in [5.74, 6) is -0.165. The molecule has 0 aliphatic rings. The number of rotatable bonds is 9. The van der Waals surface area contributed by atoms with Gasteiger partial charge in [0.2, 0.25) is 5.91 Å². The molecule has 27 heavy (non-hydrogen) atoms. The number of unbranched alkanes of at least 4 members (excludes halogenated alkanes) is 1. The van der Waals surface area contributed by atoms with E-state index in [9.17, 15) is 9.59 Å². The molecule has 0 aliphatic heterocycles. The van der Waals surface area contributed by atoms with Gasteiger partial charge in [0.05, 0.1) is 6.04 Å². The third-order valence-corrected chi connectivity index (χ3v) is 3.41. The van der Waals surface area contributed by atoms with E-state index in [4.69, 9.17) is 10.5 Å². The summed E-state index contributed by atoms with van der Waals surface area (Å²) in [7, 11) is 3.41. The second-order valence-corrected chi connectivity index (χ2v) is 5.17. The van der Waals surface area contributed by atoms with Crippen molar-refractivity contribution in [3.63, 3.8) is 0 Å². The summed E-state index contributed by atoms with van der Waals surface area (Å²) >= 11 is 0. The Hall–Kier alpha value is -2.28. The highest BCUT2D eigenvalue weighted by atomic mass is 16.5. The van der Waals surface area contributed by atoms with Crippen molar-refractivity contribution in [1.29, 1.82) is 0 Å². The van der Waals surface area contributed by atoms with Crippen LogP contribution in [-0.2, 0) is 16.1 Å². The summed E-state index contributed by atoms with van der Waals surface area (Å²) in [6, 6.07) is 7.16. The van der Waals surface area contributed by atoms with E-state index >= 15 is 0 Å². The lowest BCUT2D eigenvalue weighted by molar-refractivity contribution is -0.122. The molecule has 0 heterocycles. The van der Waals surface area contributed by atoms with Crippen LogP contribution in [0.4, 0.5) is 10.5 Å². The molecular formula is C20H38N4O3. The summed E-state index contributed by atoms with van der Waals surface area (Å²) in [5.41, 5.74) is 7.61. The molecule has 0 radical (unpaired) electrons. The van der Waals surface area contributed by atoms with Crippen LogP contribution in [0.3, 0.4) is 0 Å². The number of ether oxygens (including phenoxy) is 1. The first kappa shape index (κ1) is 26.9. The summed E-state index contributed by atoms with van der Waals surface area (Å²) in [6.45, 7) is 8.73. The molecule has 2 amide bonds. The highest BCUT2D eigenvalue weighted by Crippen LogP contribution is 2.09. The number of carbonyl (C=O) groups is 2. The van der Waals surface area contributed by atoms with E-state index in [0.717, 1.165) is 24.1 Å². The minimum Gasteiger partial charge on any atom is -0.445 e. The smallest absolute Gasteiger partial charge is 0.407 e. The van der Waals surface area contributed by atoms with Gasteiger partial charge in [0.1, 0.15) is 6.61 Å². The van der Waals surface area contributed by atoms with Crippen molar-refractivity contribution in [3.8, 4) is 0 Å². The van der Waals surface area contributed by atoms with Gasteiger partial charge in [0.15, 0.2) is 0 Å². The third kappa shape index (κ3) is 13.6. The number of amides is 2. The van der Waals surface area contributed by atoms with Crippen LogP contribution in [-0.4, -0.2) is 38.7 Å². The van der Waals surface area contributed by atoms with Gasteiger partial charge in [0, 0.05) is 26.3 Å². The van der Waals surface area contributed by atoms with Crippen LogP contribution in [0, 0.1) is 0 Å². The summed E-state index contributed by atoms with van der Waals surface area (Å²) in [6.07, 6.45) is 1.66. The Bertz CT molecular complexity index is 493. The zero-order valence-electron chi connectivity index (χ0n) is 17.7. The molecule has 0 bridgehead atoms. The van der Waals surface area contributed by atoms with Gasteiger partial charge in [-0.05, 0) is 37.0 Å². The fraction of sp³-hybridized carbons (Fsp3) is 0.600. The van der Waals surface area contributed by atoms with Crippen molar-refractivity contribution in [3.05, 3.63) is 29.8 Å². The van der Waals surface area contributed by atoms with Gasteiger partial charge in [-0.1, -0.05) is 39.8 Å². The summed E-state index contributed by atoms with van der Waals surface area (Å²) in [4.78, 5) is 22.8. The maximum Gasteiger partial charge on any atom is 0.407 e. The molecule has 0 aliphatic carbocycles. The lowest BCUT2D eigenvalue weighted by Crippen LogP contribution is -2.38. The minimum absolute atomic E-state index is 0.165. The fourth-order valence-corrected chi connectivity index (χ4v) is 1.96. The zero-order chi connectivity index (χ0) is 21.1. The number of carbonyl (C=O) groups excluding carboxylic acids is 2. The lowest BCUT2D eigenvalue weighted by Gasteiger charge is -2.10. The van der Waals surface area contributed by atoms with Gasteiger partial charge >= 0.3 is 6.09 Å². The summed E-state index contributed by atoms with van der Waals surface area (Å²) < 4.78 is 5.13. The van der Waals surface area contributed by atoms with Crippen molar-refractivity contribution in [2.45, 2.75) is 59.6 Å². The molecule has 156 valence electrons. The number of alkyl carbamates (subject to hydrolysis) is 1. The van der Waals surface area contributed by atoms with Crippen molar-refractivity contribution in [2.24, 2.45) is 5.73 Å². The number of hydrogen-bond donors (Lipinski definition) is 4. The van der Waals surface area contributed by atoms with Crippen LogP contribution in [0.2, 0.25) is 0 Å². The maximum absolute atomic E-state index is 11.6. The standard InChI is InChI=1S/C16H26N4O3.2C2H6/c1-18-13-8-6-12(7-9-13)11-23-16(22)20-10-4-3-5-14(17)15(21)19-2;2*1-2/h6-9,14,18H,3-5,10-11,17H2,1-2H3,(H,19,21)(H,20,22);2*1-2H3. The Balaban J connectivity index is 0. The van der Waals surface area contributed by atoms with E-state index in [1.54, 1.807) is 7.05 Å². The van der Waals surface area contributed by atoms with Crippen molar-refractivity contribution in [2.75, 3.05) is 26.0 Å². The molecule has 7 heteroatoms. The molecule has 1 rings (SSSR count). The lowest BCUT2D eigenvalue weighted by atomic mass is 10.1. The van der Waals surface area contributed by atoms with Gasteiger partial charge in [-0.15, -0.1) is 0 Å². The topological polar surface area (TPSA) is 105 Å². The highest BCUT2D eigenvalue weighted by molar-refractivity contribution is 5.81. The molecule has 0 saturated carbocycles. The normalized spacial score (nSPS) is 10.2. The van der Waals surface area contributed by atoms with Gasteiger partial charge in [-0.25, -0.2) is 4.79 Å². The average Bonchev–Trinajstić information content (AvgIpc) is 2.74. The van der Waals surface area contributed by atoms with Crippen molar-refractivity contribution >= 4 is 17.7 Å². The number of nitrogens with one attached hydrogen (secondary N) is 3. The van der Waals surface area contributed by atoms with Crippen LogP contribution >= 0.6 is 0 Å². The number of anilines is 1. The number of benzene rings is 1. The Kier molecular flexibility index (Phi) is 18.5. The quantitative estimate of drug-likeness (QED) is 0.491. The molecular weight excluding hydrogens is 344 g/mol. The Morgan fingerprint density at radius 1 is 1.04 bits per heavy atom. The van der Waals surface area contributed by atoms with Crippen molar-refractivity contribution < 1.29 is 14.3 Å². The second-order valence-electron chi connectivity index (χ2n) is 5.17. The van der Waals surface area contributed by atoms with E-state index in [-0.39, 0.29) is 12.5 Å². The largest absolute Gasteiger partial charge is 0.445 e. The van der Waals surface area contributed by atoms with E-state index in [0.29, 0.717) is 13.0 Å². The van der Waals surface area contributed by atoms with Crippen LogP contribution in [0.5, 0.6) is 0 Å². The molecule has 5 N–H and O–H groups in total. The SMILES string of the molecule is CC.CC.CNC(=O)C(N)CCCCNC(=O)OCc1ccc(NC)cc1. The van der Waals surface area contributed by atoms with Gasteiger partial charge in [-0.2, -0.15) is 0 Å². The molecule has 1 unspecified atom stereocenters. The van der Waals surface area contributed by atoms with E-state index in [1.807, 2.05) is 59.0 Å². The van der Waals surface area contributed by atoms with Crippen LogP contribution in [0.15, 0.2) is 24.3 Å². The molecule has 1 aromatic carbocycles. The highest BCUT2D eigenvalue weighted by Gasteiger charge is 2.10.